The van der Waals surface area contributed by atoms with Gasteiger partial charge >= 0.3 is 0 Å². The van der Waals surface area contributed by atoms with Gasteiger partial charge in [-0.05, 0) is 6.42 Å². The first-order valence-corrected chi connectivity index (χ1v) is 4.58. The van der Waals surface area contributed by atoms with Crippen LogP contribution in [0.1, 0.15) is 18.9 Å². The third-order valence-corrected chi connectivity index (χ3v) is 1.96. The van der Waals surface area contributed by atoms with Gasteiger partial charge in [-0.3, -0.25) is 0 Å². The minimum absolute atomic E-state index is 0.356. The molecule has 0 aliphatic rings. The van der Waals surface area contributed by atoms with E-state index in [0.29, 0.717) is 11.6 Å². The van der Waals surface area contributed by atoms with Crippen molar-refractivity contribution in [3.63, 3.8) is 0 Å². The van der Waals surface area contributed by atoms with E-state index in [4.69, 9.17) is 11.6 Å². The van der Waals surface area contributed by atoms with E-state index in [-0.39, 0.29) is 0 Å². The molecule has 0 amide bonds. The van der Waals surface area contributed by atoms with Gasteiger partial charge in [-0.25, -0.2) is 4.99 Å². The Balaban J connectivity index is 2.79. The number of hydrogen-bond acceptors (Lipinski definition) is 2. The van der Waals surface area contributed by atoms with Crippen LogP contribution >= 0.6 is 11.6 Å². The summed E-state index contributed by atoms with van der Waals surface area (Å²) in [4.78, 5) is 3.90. The van der Waals surface area contributed by atoms with Crippen molar-refractivity contribution in [3.8, 4) is 0 Å². The highest BCUT2D eigenvalue weighted by molar-refractivity contribution is 6.69. The molecule has 1 rings (SSSR count). The maximum absolute atomic E-state index is 9.22. The van der Waals surface area contributed by atoms with E-state index in [1.165, 1.54) is 0 Å². The molecule has 0 radical (unpaired) electrons. The minimum atomic E-state index is -0.701. The molecule has 0 heterocycles. The first-order chi connectivity index (χ1) is 6.24. The van der Waals surface area contributed by atoms with Gasteiger partial charge in [0, 0.05) is 5.56 Å². The van der Waals surface area contributed by atoms with Gasteiger partial charge in [0.2, 0.25) is 0 Å². The average Bonchev–Trinajstić information content (AvgIpc) is 2.19. The Morgan fingerprint density at radius 3 is 2.62 bits per heavy atom. The van der Waals surface area contributed by atoms with Crippen LogP contribution in [-0.2, 0) is 0 Å². The van der Waals surface area contributed by atoms with Gasteiger partial charge in [-0.1, -0.05) is 48.9 Å². The molecular formula is C10H12ClNO. The molecular weight excluding hydrogens is 186 g/mol. The van der Waals surface area contributed by atoms with Gasteiger partial charge in [0.15, 0.2) is 0 Å². The number of hydrogen-bond donors (Lipinski definition) is 1. The first-order valence-electron chi connectivity index (χ1n) is 4.21. The molecule has 1 aromatic rings. The summed E-state index contributed by atoms with van der Waals surface area (Å²) >= 11 is 5.87. The van der Waals surface area contributed by atoms with E-state index in [2.05, 4.69) is 4.99 Å². The molecule has 3 heteroatoms. The fourth-order valence-corrected chi connectivity index (χ4v) is 1.11. The summed E-state index contributed by atoms with van der Waals surface area (Å²) in [7, 11) is 0. The molecule has 2 nitrogen and oxygen atoms in total. The van der Waals surface area contributed by atoms with Crippen LogP contribution in [0.15, 0.2) is 35.3 Å². The van der Waals surface area contributed by atoms with E-state index in [9.17, 15) is 5.11 Å². The van der Waals surface area contributed by atoms with Gasteiger partial charge in [-0.2, -0.15) is 0 Å². The molecule has 0 saturated heterocycles. The molecule has 0 bridgehead atoms. The molecule has 1 aromatic carbocycles. The molecule has 0 aliphatic carbocycles. The van der Waals surface area contributed by atoms with E-state index >= 15 is 0 Å². The Morgan fingerprint density at radius 1 is 1.46 bits per heavy atom. The summed E-state index contributed by atoms with van der Waals surface area (Å²) in [6.07, 6.45) is -0.129. The molecule has 1 atom stereocenters. The van der Waals surface area contributed by atoms with E-state index in [1.807, 2.05) is 37.3 Å². The Labute approximate surface area is 82.9 Å². The lowest BCUT2D eigenvalue weighted by atomic mass is 10.2. The van der Waals surface area contributed by atoms with Crippen molar-refractivity contribution in [1.29, 1.82) is 0 Å². The minimum Gasteiger partial charge on any atom is -0.372 e. The zero-order valence-corrected chi connectivity index (χ0v) is 8.20. The van der Waals surface area contributed by atoms with Crippen molar-refractivity contribution in [2.24, 2.45) is 4.99 Å². The monoisotopic (exact) mass is 197 g/mol. The number of halogens is 1. The third-order valence-electron chi connectivity index (χ3n) is 1.64. The van der Waals surface area contributed by atoms with Crippen LogP contribution < -0.4 is 0 Å². The Hall–Kier alpha value is -0.860. The average molecular weight is 198 g/mol. The van der Waals surface area contributed by atoms with Crippen LogP contribution in [-0.4, -0.2) is 16.5 Å². The highest BCUT2D eigenvalue weighted by Gasteiger charge is 2.01. The number of benzene rings is 1. The zero-order chi connectivity index (χ0) is 9.68. The van der Waals surface area contributed by atoms with Crippen LogP contribution in [0.5, 0.6) is 0 Å². The normalized spacial score (nSPS) is 14.2. The lowest BCUT2D eigenvalue weighted by Crippen LogP contribution is -2.03. The first kappa shape index (κ1) is 10.2. The largest absolute Gasteiger partial charge is 0.372 e. The van der Waals surface area contributed by atoms with Crippen LogP contribution in [0.4, 0.5) is 0 Å². The fraction of sp³-hybridized carbons (Fsp3) is 0.300. The Morgan fingerprint density at radius 2 is 2.08 bits per heavy atom. The van der Waals surface area contributed by atoms with Crippen molar-refractivity contribution in [1.82, 2.24) is 0 Å². The number of aliphatic hydroxyl groups is 1. The van der Waals surface area contributed by atoms with Gasteiger partial charge in [0.1, 0.15) is 11.4 Å². The molecule has 13 heavy (non-hydrogen) atoms. The van der Waals surface area contributed by atoms with Gasteiger partial charge in [0.05, 0.1) is 0 Å². The van der Waals surface area contributed by atoms with Crippen molar-refractivity contribution in [3.05, 3.63) is 35.9 Å². The summed E-state index contributed by atoms with van der Waals surface area (Å²) in [5.41, 5.74) is 0.830. The van der Waals surface area contributed by atoms with E-state index in [0.717, 1.165) is 5.56 Å². The molecule has 0 fully saturated rings. The standard InChI is InChI=1S/C10H12ClNO/c1-2-9(13)12-10(11)8-6-4-3-5-7-8/h3-7,9,13H,2H2,1H3/b12-10-. The third kappa shape index (κ3) is 3.17. The van der Waals surface area contributed by atoms with Gasteiger partial charge < -0.3 is 5.11 Å². The predicted molar refractivity (Wildman–Crippen MR) is 55.1 cm³/mol. The van der Waals surface area contributed by atoms with Crippen LogP contribution in [0.2, 0.25) is 0 Å². The van der Waals surface area contributed by atoms with Crippen molar-refractivity contribution in [2.45, 2.75) is 19.6 Å². The number of nitrogens with zero attached hydrogens (tertiary/aromatic N) is 1. The molecule has 0 spiro atoms. The van der Waals surface area contributed by atoms with Crippen molar-refractivity contribution >= 4 is 16.8 Å². The molecule has 0 saturated carbocycles. The van der Waals surface area contributed by atoms with Gasteiger partial charge in [0.25, 0.3) is 0 Å². The molecule has 1 N–H and O–H groups in total. The van der Waals surface area contributed by atoms with Crippen molar-refractivity contribution < 1.29 is 5.11 Å². The van der Waals surface area contributed by atoms with Gasteiger partial charge in [-0.15, -0.1) is 0 Å². The highest BCUT2D eigenvalue weighted by Crippen LogP contribution is 2.06. The summed E-state index contributed by atoms with van der Waals surface area (Å²) in [5, 5.41) is 9.57. The second-order valence-corrected chi connectivity index (χ2v) is 3.03. The predicted octanol–water partition coefficient (Wildman–Crippen LogP) is 2.40. The molecule has 0 aliphatic heterocycles. The summed E-state index contributed by atoms with van der Waals surface area (Å²) < 4.78 is 0. The fourth-order valence-electron chi connectivity index (χ4n) is 0.872. The number of aliphatic hydroxyl groups excluding tert-OH is 1. The van der Waals surface area contributed by atoms with Crippen LogP contribution in [0.25, 0.3) is 0 Å². The number of rotatable bonds is 3. The Kier molecular flexibility index (Phi) is 3.93. The zero-order valence-electron chi connectivity index (χ0n) is 7.44. The van der Waals surface area contributed by atoms with E-state index < -0.39 is 6.23 Å². The lowest BCUT2D eigenvalue weighted by molar-refractivity contribution is 0.181. The quantitative estimate of drug-likeness (QED) is 0.742. The Bertz CT molecular complexity index is 284. The molecule has 1 unspecified atom stereocenters. The number of aliphatic imine (C=N–C) groups is 1. The second kappa shape index (κ2) is 5.00. The van der Waals surface area contributed by atoms with Crippen molar-refractivity contribution in [2.75, 3.05) is 0 Å². The van der Waals surface area contributed by atoms with Crippen LogP contribution in [0, 0.1) is 0 Å². The second-order valence-electron chi connectivity index (χ2n) is 2.67. The van der Waals surface area contributed by atoms with Crippen LogP contribution in [0.3, 0.4) is 0 Å². The summed E-state index contributed by atoms with van der Waals surface area (Å²) in [5.74, 6) is 0. The lowest BCUT2D eigenvalue weighted by Gasteiger charge is -2.02. The smallest absolute Gasteiger partial charge is 0.146 e. The maximum Gasteiger partial charge on any atom is 0.146 e. The summed E-state index contributed by atoms with van der Waals surface area (Å²) in [6.45, 7) is 1.85. The molecule has 70 valence electrons. The topological polar surface area (TPSA) is 32.6 Å². The SMILES string of the molecule is CCC(O)/N=C(\Cl)c1ccccc1. The highest BCUT2D eigenvalue weighted by atomic mass is 35.5. The molecule has 0 aromatic heterocycles. The summed E-state index contributed by atoms with van der Waals surface area (Å²) in [6, 6.07) is 9.38. The maximum atomic E-state index is 9.22. The van der Waals surface area contributed by atoms with E-state index in [1.54, 1.807) is 0 Å².